The first-order valence-corrected chi connectivity index (χ1v) is 10.4. The third kappa shape index (κ3) is 4.13. The Hall–Kier alpha value is -3.39. The number of fused-ring (bicyclic) bond motifs is 1. The highest BCUT2D eigenvalue weighted by Crippen LogP contribution is 2.31. The van der Waals surface area contributed by atoms with Crippen LogP contribution in [0.25, 0.3) is 10.2 Å². The summed E-state index contributed by atoms with van der Waals surface area (Å²) in [4.78, 5) is 29.1. The average molecular weight is 423 g/mol. The van der Waals surface area contributed by atoms with Gasteiger partial charge in [-0.05, 0) is 48.7 Å². The number of hydrogen-bond donors (Lipinski definition) is 3. The maximum Gasteiger partial charge on any atom is 0.279 e. The molecule has 1 aromatic heterocycles. The van der Waals surface area contributed by atoms with Gasteiger partial charge in [-0.25, -0.2) is 4.98 Å². The summed E-state index contributed by atoms with van der Waals surface area (Å²) in [6.07, 6.45) is 0.562. The lowest BCUT2D eigenvalue weighted by Gasteiger charge is -2.12. The zero-order valence-electron chi connectivity index (χ0n) is 16.5. The highest BCUT2D eigenvalue weighted by Gasteiger charge is 2.36. The van der Waals surface area contributed by atoms with E-state index in [1.165, 1.54) is 11.3 Å². The zero-order chi connectivity index (χ0) is 21.3. The number of aliphatic hydroxyl groups is 1. The van der Waals surface area contributed by atoms with Crippen LogP contribution in [0, 0.1) is 5.92 Å². The highest BCUT2D eigenvalue weighted by molar-refractivity contribution is 7.20. The number of ether oxygens (including phenoxy) is 1. The third-order valence-corrected chi connectivity index (χ3v) is 5.56. The van der Waals surface area contributed by atoms with Crippen molar-refractivity contribution < 1.29 is 19.4 Å². The number of aromatic nitrogens is 1. The molecule has 0 bridgehead atoms. The predicted octanol–water partition coefficient (Wildman–Crippen LogP) is 4.38. The van der Waals surface area contributed by atoms with Gasteiger partial charge in [0.1, 0.15) is 17.1 Å². The van der Waals surface area contributed by atoms with Gasteiger partial charge in [-0.15, -0.1) is 0 Å². The molecule has 1 aliphatic heterocycles. The number of benzene rings is 2. The summed E-state index contributed by atoms with van der Waals surface area (Å²) in [6.45, 7) is 3.96. The summed E-state index contributed by atoms with van der Waals surface area (Å²) in [6, 6.07) is 14.0. The molecule has 0 aliphatic carbocycles. The minimum absolute atomic E-state index is 0.206. The smallest absolute Gasteiger partial charge is 0.279 e. The number of thiazole rings is 1. The molecule has 2 amide bonds. The number of nitrogens with zero attached hydrogens (tertiary/aromatic N) is 1. The molecule has 0 spiro atoms. The van der Waals surface area contributed by atoms with Gasteiger partial charge in [0.2, 0.25) is 0 Å². The minimum Gasteiger partial charge on any atom is -0.509 e. The Kier molecular flexibility index (Phi) is 5.41. The van der Waals surface area contributed by atoms with Crippen LogP contribution in [0.5, 0.6) is 10.9 Å². The first kappa shape index (κ1) is 19.9. The molecule has 0 fully saturated rings. The number of para-hydroxylation sites is 1. The Morgan fingerprint density at radius 3 is 2.67 bits per heavy atom. The van der Waals surface area contributed by atoms with E-state index in [1.54, 1.807) is 24.3 Å². The number of rotatable bonds is 6. The normalized spacial score (nSPS) is 16.2. The van der Waals surface area contributed by atoms with E-state index in [4.69, 9.17) is 4.74 Å². The van der Waals surface area contributed by atoms with Crippen molar-refractivity contribution >= 4 is 39.1 Å². The maximum absolute atomic E-state index is 12.5. The fourth-order valence-corrected chi connectivity index (χ4v) is 4.08. The van der Waals surface area contributed by atoms with Crippen molar-refractivity contribution in [1.29, 1.82) is 0 Å². The molecule has 1 aliphatic rings. The predicted molar refractivity (Wildman–Crippen MR) is 116 cm³/mol. The van der Waals surface area contributed by atoms with E-state index in [0.29, 0.717) is 23.1 Å². The number of aliphatic hydroxyl groups excluding tert-OH is 1. The zero-order valence-corrected chi connectivity index (χ0v) is 17.3. The van der Waals surface area contributed by atoms with Crippen LogP contribution in [0.15, 0.2) is 59.9 Å². The molecule has 3 aromatic rings. The lowest BCUT2D eigenvalue weighted by Crippen LogP contribution is -2.31. The maximum atomic E-state index is 12.5. The second-order valence-electron chi connectivity index (χ2n) is 7.44. The van der Waals surface area contributed by atoms with Crippen LogP contribution >= 0.6 is 11.3 Å². The average Bonchev–Trinajstić information content (AvgIpc) is 3.22. The van der Waals surface area contributed by atoms with Crippen molar-refractivity contribution in [1.82, 2.24) is 10.3 Å². The molecule has 1 atom stereocenters. The number of hydrogen-bond acceptors (Lipinski definition) is 6. The number of amides is 2. The van der Waals surface area contributed by atoms with Gasteiger partial charge in [-0.3, -0.25) is 9.59 Å². The van der Waals surface area contributed by atoms with Crippen LogP contribution in [0.1, 0.15) is 20.3 Å². The molecular formula is C22H21N3O4S. The Morgan fingerprint density at radius 1 is 1.23 bits per heavy atom. The van der Waals surface area contributed by atoms with Crippen molar-refractivity contribution in [2.24, 2.45) is 5.92 Å². The molecular weight excluding hydrogens is 402 g/mol. The first-order chi connectivity index (χ1) is 14.4. The van der Waals surface area contributed by atoms with Crippen LogP contribution in [-0.2, 0) is 9.59 Å². The summed E-state index contributed by atoms with van der Waals surface area (Å²) < 4.78 is 6.83. The number of anilines is 1. The van der Waals surface area contributed by atoms with Crippen molar-refractivity contribution in [2.45, 2.75) is 26.3 Å². The van der Waals surface area contributed by atoms with Gasteiger partial charge >= 0.3 is 0 Å². The molecule has 0 saturated carbocycles. The molecule has 4 rings (SSSR count). The Morgan fingerprint density at radius 2 is 1.97 bits per heavy atom. The van der Waals surface area contributed by atoms with Crippen LogP contribution in [-0.4, -0.2) is 27.9 Å². The van der Waals surface area contributed by atoms with Gasteiger partial charge in [0.05, 0.1) is 16.3 Å². The van der Waals surface area contributed by atoms with Crippen molar-refractivity contribution in [2.75, 3.05) is 5.32 Å². The van der Waals surface area contributed by atoms with E-state index in [-0.39, 0.29) is 17.3 Å². The number of nitrogens with one attached hydrogen (secondary N) is 2. The van der Waals surface area contributed by atoms with E-state index in [1.807, 2.05) is 38.1 Å². The van der Waals surface area contributed by atoms with Crippen LogP contribution < -0.4 is 15.4 Å². The van der Waals surface area contributed by atoms with Gasteiger partial charge in [0.25, 0.3) is 17.0 Å². The molecule has 0 radical (unpaired) electrons. The number of carbonyl (C=O) groups is 2. The molecule has 8 heteroatoms. The van der Waals surface area contributed by atoms with E-state index in [2.05, 4.69) is 15.6 Å². The molecule has 7 nitrogen and oxygen atoms in total. The summed E-state index contributed by atoms with van der Waals surface area (Å²) in [7, 11) is 0. The second kappa shape index (κ2) is 8.16. The summed E-state index contributed by atoms with van der Waals surface area (Å²) in [5.74, 6) is -0.572. The quantitative estimate of drug-likeness (QED) is 0.511. The monoisotopic (exact) mass is 423 g/mol. The van der Waals surface area contributed by atoms with Crippen molar-refractivity contribution in [3.05, 3.63) is 59.9 Å². The highest BCUT2D eigenvalue weighted by atomic mass is 32.1. The van der Waals surface area contributed by atoms with Gasteiger partial charge < -0.3 is 20.5 Å². The molecule has 30 heavy (non-hydrogen) atoms. The molecule has 154 valence electrons. The minimum atomic E-state index is -0.643. The molecule has 3 N–H and O–H groups in total. The molecule has 2 aromatic carbocycles. The Labute approximate surface area is 177 Å². The summed E-state index contributed by atoms with van der Waals surface area (Å²) in [5.41, 5.74) is 1.12. The Bertz CT molecular complexity index is 1100. The van der Waals surface area contributed by atoms with Gasteiger partial charge in [-0.1, -0.05) is 37.3 Å². The Balaban J connectivity index is 1.43. The topological polar surface area (TPSA) is 101 Å². The summed E-state index contributed by atoms with van der Waals surface area (Å²) in [5, 5.41) is 16.1. The van der Waals surface area contributed by atoms with E-state index in [9.17, 15) is 14.7 Å². The van der Waals surface area contributed by atoms with Crippen molar-refractivity contribution in [3.8, 4) is 10.9 Å². The SMILES string of the molecule is CC(C)CC1NC(=O)C(C(=O)Nc2ccc(Oc3nc4ccccc4s3)cc2)=C1O. The van der Waals surface area contributed by atoms with Crippen LogP contribution in [0.2, 0.25) is 0 Å². The fourth-order valence-electron chi connectivity index (χ4n) is 3.25. The summed E-state index contributed by atoms with van der Waals surface area (Å²) >= 11 is 1.45. The fraction of sp³-hybridized carbons (Fsp3) is 0.227. The van der Waals surface area contributed by atoms with Crippen LogP contribution in [0.4, 0.5) is 5.69 Å². The second-order valence-corrected chi connectivity index (χ2v) is 8.44. The van der Waals surface area contributed by atoms with Gasteiger partial charge in [0, 0.05) is 5.69 Å². The molecule has 0 saturated heterocycles. The lowest BCUT2D eigenvalue weighted by atomic mass is 10.0. The van der Waals surface area contributed by atoms with E-state index >= 15 is 0 Å². The van der Waals surface area contributed by atoms with E-state index < -0.39 is 17.9 Å². The van der Waals surface area contributed by atoms with E-state index in [0.717, 1.165) is 10.2 Å². The lowest BCUT2D eigenvalue weighted by molar-refractivity contribution is -0.120. The molecule has 1 unspecified atom stereocenters. The van der Waals surface area contributed by atoms with Gasteiger partial charge in [0.15, 0.2) is 0 Å². The largest absolute Gasteiger partial charge is 0.509 e. The van der Waals surface area contributed by atoms with Gasteiger partial charge in [-0.2, -0.15) is 0 Å². The third-order valence-electron chi connectivity index (χ3n) is 4.64. The standard InChI is InChI=1S/C22H21N3O4S/c1-12(2)11-16-19(26)18(21(28)24-16)20(27)23-13-7-9-14(10-8-13)29-22-25-15-5-3-4-6-17(15)30-22/h3-10,12,16,26H,11H2,1-2H3,(H,23,27)(H,24,28). The number of carbonyl (C=O) groups excluding carboxylic acids is 2. The van der Waals surface area contributed by atoms with Crippen LogP contribution in [0.3, 0.4) is 0 Å². The molecule has 2 heterocycles. The van der Waals surface area contributed by atoms with Crippen molar-refractivity contribution in [3.63, 3.8) is 0 Å². The first-order valence-electron chi connectivity index (χ1n) is 9.59.